The summed E-state index contributed by atoms with van der Waals surface area (Å²) in [7, 11) is -1.15. The zero-order valence-electron chi connectivity index (χ0n) is 28.8. The topological polar surface area (TPSA) is 3.24 Å². The Bertz CT molecular complexity index is 3040. The summed E-state index contributed by atoms with van der Waals surface area (Å²) >= 11 is 3.83. The van der Waals surface area contributed by atoms with Crippen molar-refractivity contribution in [2.75, 3.05) is 17.4 Å². The standard InChI is InChI=1S/C48H33NS3/c1-52(2)44-15-9-8-14-37(44)38-24-21-35(29-45(38)52)49(33-19-16-31(17-20-33)30-10-4-3-5-11-30)34-22-25-39-43(28-34)50-41-26-27-42-47(46(39)41)40-23-18-32-12-6-7-13-36(32)48(40)51-42/h3-29H,1-2H3. The summed E-state index contributed by atoms with van der Waals surface area (Å²) in [6.45, 7) is 0. The lowest BCUT2D eigenvalue weighted by molar-refractivity contribution is 1.27. The van der Waals surface area contributed by atoms with Gasteiger partial charge in [0.05, 0.1) is 0 Å². The van der Waals surface area contributed by atoms with Crippen molar-refractivity contribution in [3.8, 4) is 22.3 Å². The van der Waals surface area contributed by atoms with Crippen molar-refractivity contribution < 1.29 is 0 Å². The minimum atomic E-state index is -1.15. The van der Waals surface area contributed by atoms with Gasteiger partial charge in [0.15, 0.2) is 0 Å². The van der Waals surface area contributed by atoms with Gasteiger partial charge in [0.25, 0.3) is 0 Å². The summed E-state index contributed by atoms with van der Waals surface area (Å²) in [5.74, 6) is 0. The average Bonchev–Trinajstić information content (AvgIpc) is 3.83. The van der Waals surface area contributed by atoms with Gasteiger partial charge in [0.2, 0.25) is 0 Å². The lowest BCUT2D eigenvalue weighted by Crippen LogP contribution is -2.10. The molecule has 1 aliphatic rings. The van der Waals surface area contributed by atoms with E-state index in [0.29, 0.717) is 0 Å². The minimum absolute atomic E-state index is 1.15. The van der Waals surface area contributed by atoms with Gasteiger partial charge in [-0.15, -0.1) is 22.7 Å². The van der Waals surface area contributed by atoms with Crippen molar-refractivity contribution in [2.45, 2.75) is 9.79 Å². The smallest absolute Gasteiger partial charge is 0.0476 e. The second-order valence-electron chi connectivity index (χ2n) is 14.1. The number of fused-ring (bicyclic) bond motifs is 12. The first-order valence-corrected chi connectivity index (χ1v) is 21.7. The molecule has 0 fully saturated rings. The fraction of sp³-hybridized carbons (Fsp3) is 0.0417. The van der Waals surface area contributed by atoms with E-state index in [2.05, 4.69) is 181 Å². The molecule has 1 aliphatic heterocycles. The monoisotopic (exact) mass is 719 g/mol. The number of benzene rings is 8. The Balaban J connectivity index is 1.10. The lowest BCUT2D eigenvalue weighted by atomic mass is 10.0. The van der Waals surface area contributed by atoms with E-state index in [-0.39, 0.29) is 0 Å². The zero-order chi connectivity index (χ0) is 34.6. The zero-order valence-corrected chi connectivity index (χ0v) is 31.2. The molecule has 248 valence electrons. The van der Waals surface area contributed by atoms with E-state index in [1.165, 1.54) is 94.5 Å². The second-order valence-corrected chi connectivity index (χ2v) is 19.8. The highest BCUT2D eigenvalue weighted by Crippen LogP contribution is 2.67. The highest BCUT2D eigenvalue weighted by Gasteiger charge is 2.32. The fourth-order valence-electron chi connectivity index (χ4n) is 8.42. The molecule has 0 saturated carbocycles. The summed E-state index contributed by atoms with van der Waals surface area (Å²) in [5, 5.41) is 8.10. The lowest BCUT2D eigenvalue weighted by Gasteiger charge is -2.31. The average molecular weight is 720 g/mol. The van der Waals surface area contributed by atoms with Crippen LogP contribution in [-0.4, -0.2) is 12.5 Å². The van der Waals surface area contributed by atoms with Gasteiger partial charge >= 0.3 is 0 Å². The number of hydrogen-bond acceptors (Lipinski definition) is 3. The number of hydrogen-bond donors (Lipinski definition) is 0. The van der Waals surface area contributed by atoms with Crippen LogP contribution in [0.5, 0.6) is 0 Å². The fourth-order valence-corrected chi connectivity index (χ4v) is 13.3. The number of nitrogens with zero attached hydrogens (tertiary/aromatic N) is 1. The van der Waals surface area contributed by atoms with Gasteiger partial charge < -0.3 is 4.90 Å². The molecule has 4 heteroatoms. The van der Waals surface area contributed by atoms with Gasteiger partial charge in [-0.1, -0.05) is 109 Å². The SMILES string of the molecule is CS1(C)c2ccccc2-c2ccc(N(c3ccc(-c4ccccc4)cc3)c3ccc4c(c3)sc3ccc5sc6c7ccccc7ccc6c5c34)cc21. The van der Waals surface area contributed by atoms with Crippen LogP contribution in [0.1, 0.15) is 0 Å². The van der Waals surface area contributed by atoms with Gasteiger partial charge in [0.1, 0.15) is 0 Å². The first-order valence-electron chi connectivity index (χ1n) is 17.6. The van der Waals surface area contributed by atoms with E-state index in [9.17, 15) is 0 Å². The molecule has 0 aliphatic carbocycles. The number of anilines is 3. The van der Waals surface area contributed by atoms with Gasteiger partial charge in [-0.25, -0.2) is 0 Å². The third kappa shape index (κ3) is 4.42. The Hall–Kier alpha value is -5.39. The molecular formula is C48H33NS3. The van der Waals surface area contributed by atoms with Crippen molar-refractivity contribution >= 4 is 101 Å². The first kappa shape index (κ1) is 30.3. The summed E-state index contributed by atoms with van der Waals surface area (Å²) in [6.07, 6.45) is 4.89. The van der Waals surface area contributed by atoms with E-state index >= 15 is 0 Å². The van der Waals surface area contributed by atoms with Crippen LogP contribution >= 0.6 is 32.7 Å². The Labute approximate surface area is 312 Å². The van der Waals surface area contributed by atoms with E-state index in [1.54, 1.807) is 0 Å². The van der Waals surface area contributed by atoms with Crippen molar-refractivity contribution in [1.82, 2.24) is 0 Å². The van der Waals surface area contributed by atoms with Gasteiger partial charge in [-0.3, -0.25) is 0 Å². The van der Waals surface area contributed by atoms with Gasteiger partial charge in [0, 0.05) is 67.2 Å². The highest BCUT2D eigenvalue weighted by molar-refractivity contribution is 8.33. The predicted octanol–water partition coefficient (Wildman–Crippen LogP) is 15.2. The van der Waals surface area contributed by atoms with Crippen LogP contribution in [0, 0.1) is 0 Å². The van der Waals surface area contributed by atoms with Crippen LogP contribution in [-0.2, 0) is 0 Å². The summed E-state index contributed by atoms with van der Waals surface area (Å²) in [4.78, 5) is 5.39. The van der Waals surface area contributed by atoms with Crippen LogP contribution in [0.2, 0.25) is 0 Å². The second kappa shape index (κ2) is 11.3. The van der Waals surface area contributed by atoms with Crippen LogP contribution in [0.3, 0.4) is 0 Å². The summed E-state index contributed by atoms with van der Waals surface area (Å²) < 4.78 is 5.38. The third-order valence-electron chi connectivity index (χ3n) is 10.9. The van der Waals surface area contributed by atoms with E-state index in [1.807, 2.05) is 22.7 Å². The van der Waals surface area contributed by atoms with Crippen LogP contribution in [0.4, 0.5) is 17.1 Å². The quantitative estimate of drug-likeness (QED) is 0.175. The Morgan fingerprint density at radius 2 is 1.06 bits per heavy atom. The molecule has 0 saturated heterocycles. The molecule has 0 atom stereocenters. The van der Waals surface area contributed by atoms with Crippen LogP contribution in [0.15, 0.2) is 174 Å². The summed E-state index contributed by atoms with van der Waals surface area (Å²) in [5.41, 5.74) is 8.73. The molecule has 11 rings (SSSR count). The number of rotatable bonds is 4. The van der Waals surface area contributed by atoms with Gasteiger partial charge in [-0.2, -0.15) is 10.0 Å². The Kier molecular flexibility index (Phi) is 6.58. The first-order chi connectivity index (χ1) is 25.5. The predicted molar refractivity (Wildman–Crippen MR) is 231 cm³/mol. The Morgan fingerprint density at radius 3 is 1.92 bits per heavy atom. The molecule has 52 heavy (non-hydrogen) atoms. The molecule has 0 spiro atoms. The van der Waals surface area contributed by atoms with Gasteiger partial charge in [-0.05, 0) is 100 Å². The molecule has 0 bridgehead atoms. The maximum absolute atomic E-state index is 2.47. The molecule has 1 nitrogen and oxygen atoms in total. The molecule has 3 heterocycles. The van der Waals surface area contributed by atoms with Crippen molar-refractivity contribution in [1.29, 1.82) is 0 Å². The van der Waals surface area contributed by atoms with Crippen molar-refractivity contribution in [3.63, 3.8) is 0 Å². The Morgan fingerprint density at radius 1 is 0.423 bits per heavy atom. The largest absolute Gasteiger partial charge is 0.310 e. The third-order valence-corrected chi connectivity index (χ3v) is 16.2. The molecule has 10 aromatic rings. The maximum atomic E-state index is 2.47. The number of thiophene rings is 2. The molecule has 0 unspecified atom stereocenters. The summed E-state index contributed by atoms with van der Waals surface area (Å²) in [6, 6.07) is 61.1. The molecule has 2 aromatic heterocycles. The van der Waals surface area contributed by atoms with E-state index in [0.717, 1.165) is 5.69 Å². The van der Waals surface area contributed by atoms with Crippen molar-refractivity contribution in [2.24, 2.45) is 0 Å². The highest BCUT2D eigenvalue weighted by atomic mass is 32.3. The van der Waals surface area contributed by atoms with E-state index < -0.39 is 10.0 Å². The van der Waals surface area contributed by atoms with E-state index in [4.69, 9.17) is 0 Å². The molecule has 8 aromatic carbocycles. The maximum Gasteiger partial charge on any atom is 0.0476 e. The van der Waals surface area contributed by atoms with Crippen LogP contribution in [0.25, 0.3) is 73.4 Å². The normalized spacial score (nSPS) is 14.0. The van der Waals surface area contributed by atoms with Crippen LogP contribution < -0.4 is 4.90 Å². The van der Waals surface area contributed by atoms with Crippen molar-refractivity contribution in [3.05, 3.63) is 164 Å². The molecular weight excluding hydrogens is 687 g/mol. The molecule has 0 radical (unpaired) electrons. The minimum Gasteiger partial charge on any atom is -0.310 e. The molecule has 0 N–H and O–H groups in total. The molecule has 0 amide bonds.